The minimum atomic E-state index is -4.40. The minimum absolute atomic E-state index is 0.00482. The highest BCUT2D eigenvalue weighted by atomic mass is 19.4. The van der Waals surface area contributed by atoms with E-state index in [0.29, 0.717) is 24.6 Å². The van der Waals surface area contributed by atoms with Crippen molar-refractivity contribution in [1.29, 1.82) is 0 Å². The third kappa shape index (κ3) is 5.16. The number of hydrogen-bond acceptors (Lipinski definition) is 5. The maximum absolute atomic E-state index is 12.0. The lowest BCUT2D eigenvalue weighted by atomic mass is 10.2. The molecule has 0 aliphatic rings. The molecule has 3 N–H and O–H groups in total. The Morgan fingerprint density at radius 2 is 2.04 bits per heavy atom. The van der Waals surface area contributed by atoms with Crippen LogP contribution in [0, 0.1) is 0 Å². The number of alkyl halides is 3. The van der Waals surface area contributed by atoms with Crippen LogP contribution in [0.25, 0.3) is 22.4 Å². The van der Waals surface area contributed by atoms with E-state index in [4.69, 9.17) is 0 Å². The van der Waals surface area contributed by atoms with Gasteiger partial charge in [-0.05, 0) is 24.6 Å². The molecule has 10 heteroatoms. The average Bonchev–Trinajstić information content (AvgIpc) is 3.07. The third-order valence-corrected chi connectivity index (χ3v) is 3.72. The monoisotopic (exact) mass is 378 g/mol. The van der Waals surface area contributed by atoms with E-state index in [2.05, 4.69) is 25.3 Å². The Bertz CT molecular complexity index is 924. The summed E-state index contributed by atoms with van der Waals surface area (Å²) in [5.41, 5.74) is 1.55. The van der Waals surface area contributed by atoms with Gasteiger partial charge in [-0.2, -0.15) is 13.2 Å². The topological polar surface area (TPSA) is 95.6 Å². The van der Waals surface area contributed by atoms with E-state index in [-0.39, 0.29) is 6.42 Å². The number of aromatic nitrogens is 4. The Balaban J connectivity index is 1.54. The van der Waals surface area contributed by atoms with Gasteiger partial charge in [-0.1, -0.05) is 0 Å². The number of halogens is 3. The maximum atomic E-state index is 12.0. The molecule has 0 fully saturated rings. The normalized spacial score (nSPS) is 11.5. The summed E-state index contributed by atoms with van der Waals surface area (Å²) < 4.78 is 36.1. The summed E-state index contributed by atoms with van der Waals surface area (Å²) in [6.45, 7) is -0.917. The first kappa shape index (κ1) is 18.6. The van der Waals surface area contributed by atoms with Crippen molar-refractivity contribution in [2.45, 2.75) is 19.0 Å². The molecule has 0 radical (unpaired) electrons. The first-order valence-corrected chi connectivity index (χ1v) is 8.25. The van der Waals surface area contributed by atoms with Crippen LogP contribution in [0.5, 0.6) is 0 Å². The van der Waals surface area contributed by atoms with Gasteiger partial charge in [0.2, 0.25) is 5.91 Å². The number of anilines is 1. The number of H-pyrrole nitrogens is 1. The Kier molecular flexibility index (Phi) is 5.53. The second-order valence-corrected chi connectivity index (χ2v) is 5.79. The van der Waals surface area contributed by atoms with Crippen LogP contribution < -0.4 is 10.6 Å². The van der Waals surface area contributed by atoms with Crippen molar-refractivity contribution in [3.8, 4) is 11.4 Å². The van der Waals surface area contributed by atoms with Crippen LogP contribution in [-0.2, 0) is 4.79 Å². The molecular formula is C17H17F3N6O. The molecule has 0 saturated heterocycles. The zero-order valence-electron chi connectivity index (χ0n) is 14.2. The number of carbonyl (C=O) groups is 1. The summed E-state index contributed by atoms with van der Waals surface area (Å²) in [6.07, 6.45) is 1.04. The molecule has 0 saturated carbocycles. The summed E-state index contributed by atoms with van der Waals surface area (Å²) in [6, 6.07) is 5.42. The number of carbonyl (C=O) groups excluding carboxylic acids is 1. The molecule has 0 aliphatic carbocycles. The average molecular weight is 378 g/mol. The van der Waals surface area contributed by atoms with E-state index in [0.717, 1.165) is 16.6 Å². The van der Waals surface area contributed by atoms with Crippen molar-refractivity contribution >= 4 is 22.8 Å². The standard InChI is InChI=1S/C17H17F3N6O/c18-17(19,20)10-25-14(27)4-2-6-21-13-5-8-23-16(26-13)12-9-24-15-11(12)3-1-7-22-15/h1,3,5,7-9H,2,4,6,10H2,(H,22,24)(H,25,27)(H,21,23,26). The van der Waals surface area contributed by atoms with Crippen LogP contribution in [-0.4, -0.2) is 45.1 Å². The van der Waals surface area contributed by atoms with Crippen LogP contribution >= 0.6 is 0 Å². The first-order chi connectivity index (χ1) is 12.9. The molecule has 0 spiro atoms. The van der Waals surface area contributed by atoms with Crippen molar-refractivity contribution < 1.29 is 18.0 Å². The zero-order chi connectivity index (χ0) is 19.3. The summed E-state index contributed by atoms with van der Waals surface area (Å²) in [5.74, 6) is 0.444. The quantitative estimate of drug-likeness (QED) is 0.550. The second kappa shape index (κ2) is 8.02. The van der Waals surface area contributed by atoms with E-state index >= 15 is 0 Å². The summed E-state index contributed by atoms with van der Waals surface area (Å²) in [4.78, 5) is 27.3. The number of rotatable bonds is 7. The fourth-order valence-electron chi connectivity index (χ4n) is 2.48. The summed E-state index contributed by atoms with van der Waals surface area (Å²) in [7, 11) is 0. The molecule has 3 heterocycles. The lowest BCUT2D eigenvalue weighted by Gasteiger charge is -2.09. The van der Waals surface area contributed by atoms with Crippen molar-refractivity contribution in [2.75, 3.05) is 18.4 Å². The van der Waals surface area contributed by atoms with Gasteiger partial charge in [0, 0.05) is 42.5 Å². The molecular weight excluding hydrogens is 361 g/mol. The number of nitrogens with zero attached hydrogens (tertiary/aromatic N) is 3. The van der Waals surface area contributed by atoms with Gasteiger partial charge in [0.25, 0.3) is 0 Å². The lowest BCUT2D eigenvalue weighted by Crippen LogP contribution is -2.33. The molecule has 3 aromatic heterocycles. The predicted octanol–water partition coefficient (Wildman–Crippen LogP) is 2.89. The van der Waals surface area contributed by atoms with Gasteiger partial charge < -0.3 is 15.6 Å². The largest absolute Gasteiger partial charge is 0.405 e. The Labute approximate surface area is 152 Å². The number of fused-ring (bicyclic) bond motifs is 1. The van der Waals surface area contributed by atoms with Gasteiger partial charge in [-0.25, -0.2) is 15.0 Å². The Morgan fingerprint density at radius 1 is 1.19 bits per heavy atom. The van der Waals surface area contributed by atoms with Gasteiger partial charge in [0.05, 0.1) is 0 Å². The van der Waals surface area contributed by atoms with Crippen LogP contribution in [0.4, 0.5) is 19.0 Å². The van der Waals surface area contributed by atoms with Crippen molar-refractivity contribution in [3.05, 3.63) is 36.8 Å². The van der Waals surface area contributed by atoms with Crippen LogP contribution in [0.3, 0.4) is 0 Å². The second-order valence-electron chi connectivity index (χ2n) is 5.79. The molecule has 0 aromatic carbocycles. The summed E-state index contributed by atoms with van der Waals surface area (Å²) in [5, 5.41) is 5.78. The van der Waals surface area contributed by atoms with Gasteiger partial charge in [-0.3, -0.25) is 4.79 Å². The number of amides is 1. The highest BCUT2D eigenvalue weighted by Gasteiger charge is 2.27. The van der Waals surface area contributed by atoms with Gasteiger partial charge in [0.1, 0.15) is 18.0 Å². The molecule has 3 aromatic rings. The number of hydrogen-bond donors (Lipinski definition) is 3. The molecule has 27 heavy (non-hydrogen) atoms. The van der Waals surface area contributed by atoms with Gasteiger partial charge in [0.15, 0.2) is 5.82 Å². The molecule has 1 amide bonds. The molecule has 142 valence electrons. The van der Waals surface area contributed by atoms with E-state index < -0.39 is 18.6 Å². The van der Waals surface area contributed by atoms with Gasteiger partial charge >= 0.3 is 6.18 Å². The fraction of sp³-hybridized carbons (Fsp3) is 0.294. The molecule has 3 rings (SSSR count). The molecule has 0 atom stereocenters. The highest BCUT2D eigenvalue weighted by Crippen LogP contribution is 2.25. The predicted molar refractivity (Wildman–Crippen MR) is 93.9 cm³/mol. The van der Waals surface area contributed by atoms with Crippen molar-refractivity contribution in [1.82, 2.24) is 25.3 Å². The highest BCUT2D eigenvalue weighted by molar-refractivity contribution is 5.91. The van der Waals surface area contributed by atoms with E-state index in [9.17, 15) is 18.0 Å². The first-order valence-electron chi connectivity index (χ1n) is 8.25. The number of nitrogens with one attached hydrogen (secondary N) is 3. The zero-order valence-corrected chi connectivity index (χ0v) is 14.2. The van der Waals surface area contributed by atoms with Crippen LogP contribution in [0.1, 0.15) is 12.8 Å². The minimum Gasteiger partial charge on any atom is -0.370 e. The lowest BCUT2D eigenvalue weighted by molar-refractivity contribution is -0.138. The maximum Gasteiger partial charge on any atom is 0.405 e. The van der Waals surface area contributed by atoms with Crippen molar-refractivity contribution in [3.63, 3.8) is 0 Å². The SMILES string of the molecule is O=C(CCCNc1ccnc(-c2c[nH]c3ncccc23)n1)NCC(F)(F)F. The summed E-state index contributed by atoms with van der Waals surface area (Å²) >= 11 is 0. The number of pyridine rings is 1. The van der Waals surface area contributed by atoms with Crippen molar-refractivity contribution in [2.24, 2.45) is 0 Å². The molecule has 7 nitrogen and oxygen atoms in total. The van der Waals surface area contributed by atoms with E-state index in [1.54, 1.807) is 24.7 Å². The van der Waals surface area contributed by atoms with E-state index in [1.165, 1.54) is 0 Å². The van der Waals surface area contributed by atoms with Gasteiger partial charge in [-0.15, -0.1) is 0 Å². The van der Waals surface area contributed by atoms with E-state index in [1.807, 2.05) is 17.4 Å². The molecule has 0 bridgehead atoms. The third-order valence-electron chi connectivity index (χ3n) is 3.72. The molecule has 0 aliphatic heterocycles. The smallest absolute Gasteiger partial charge is 0.370 e. The Morgan fingerprint density at radius 3 is 2.85 bits per heavy atom. The van der Waals surface area contributed by atoms with Crippen LogP contribution in [0.15, 0.2) is 36.8 Å². The van der Waals surface area contributed by atoms with Crippen LogP contribution in [0.2, 0.25) is 0 Å². The Hall–Kier alpha value is -3.17. The molecule has 0 unspecified atom stereocenters. The number of aromatic amines is 1. The fourth-order valence-corrected chi connectivity index (χ4v) is 2.48.